The lowest BCUT2D eigenvalue weighted by atomic mass is 9.97. The summed E-state index contributed by atoms with van der Waals surface area (Å²) < 4.78 is 25.3. The number of hydrogen-bond donors (Lipinski definition) is 0. The molecule has 1 unspecified atom stereocenters. The van der Waals surface area contributed by atoms with Crippen molar-refractivity contribution in [2.75, 3.05) is 0 Å². The van der Waals surface area contributed by atoms with E-state index < -0.39 is 0 Å². The summed E-state index contributed by atoms with van der Waals surface area (Å²) in [7, 11) is 0. The quantitative estimate of drug-likeness (QED) is 0.490. The van der Waals surface area contributed by atoms with E-state index in [1.165, 1.54) is 6.08 Å². The summed E-state index contributed by atoms with van der Waals surface area (Å²) >= 11 is 0. The Kier molecular flexibility index (Phi) is 1.88. The molecule has 0 heterocycles. The zero-order valence-corrected chi connectivity index (χ0v) is 6.12. The van der Waals surface area contributed by atoms with E-state index in [1.807, 2.05) is 0 Å². The lowest BCUT2D eigenvalue weighted by Gasteiger charge is -2.13. The number of halogens is 2. The van der Waals surface area contributed by atoms with E-state index in [0.29, 0.717) is 5.57 Å². The first-order valence-electron chi connectivity index (χ1n) is 3.33. The van der Waals surface area contributed by atoms with Crippen LogP contribution in [0.4, 0.5) is 8.78 Å². The van der Waals surface area contributed by atoms with Crippen LogP contribution < -0.4 is 0 Å². The molecule has 0 fully saturated rings. The van der Waals surface area contributed by atoms with Crippen molar-refractivity contribution in [3.05, 3.63) is 23.3 Å². The summed E-state index contributed by atoms with van der Waals surface area (Å²) in [4.78, 5) is 0. The molecule has 56 valence electrons. The van der Waals surface area contributed by atoms with E-state index in [9.17, 15) is 8.78 Å². The minimum Gasteiger partial charge on any atom is -0.212 e. The first-order valence-corrected chi connectivity index (χ1v) is 3.33. The van der Waals surface area contributed by atoms with Crippen LogP contribution in [0.25, 0.3) is 0 Å². The Balaban J connectivity index is 2.88. The van der Waals surface area contributed by atoms with Crippen LogP contribution in [0.3, 0.4) is 0 Å². The highest BCUT2D eigenvalue weighted by molar-refractivity contribution is 5.27. The third-order valence-electron chi connectivity index (χ3n) is 1.74. The highest BCUT2D eigenvalue weighted by atomic mass is 19.1. The van der Waals surface area contributed by atoms with Crippen molar-refractivity contribution >= 4 is 0 Å². The molecule has 0 radical (unpaired) electrons. The topological polar surface area (TPSA) is 0 Å². The molecule has 0 aromatic carbocycles. The molecule has 1 rings (SSSR count). The van der Waals surface area contributed by atoms with Gasteiger partial charge in [-0.25, -0.2) is 8.78 Å². The van der Waals surface area contributed by atoms with E-state index in [4.69, 9.17) is 0 Å². The van der Waals surface area contributed by atoms with Gasteiger partial charge in [-0.05, 0) is 18.6 Å². The molecular weight excluding hydrogens is 134 g/mol. The standard InChI is InChI=1S/C8H10F2/c1-5-3-8(10)6(2)4-7(5)9/h3,6H,4H2,1-2H3. The first kappa shape index (κ1) is 7.45. The summed E-state index contributed by atoms with van der Waals surface area (Å²) in [6, 6.07) is 0. The van der Waals surface area contributed by atoms with Crippen LogP contribution in [-0.4, -0.2) is 0 Å². The van der Waals surface area contributed by atoms with Gasteiger partial charge >= 0.3 is 0 Å². The molecule has 0 aromatic rings. The fraction of sp³-hybridized carbons (Fsp3) is 0.500. The lowest BCUT2D eigenvalue weighted by Crippen LogP contribution is -2.02. The maximum absolute atomic E-state index is 12.7. The fourth-order valence-electron chi connectivity index (χ4n) is 0.955. The zero-order valence-electron chi connectivity index (χ0n) is 6.12. The van der Waals surface area contributed by atoms with Crippen LogP contribution in [0.15, 0.2) is 23.3 Å². The molecule has 0 saturated heterocycles. The average Bonchev–Trinajstić information content (AvgIpc) is 1.84. The van der Waals surface area contributed by atoms with Gasteiger partial charge in [0.1, 0.15) is 11.7 Å². The second kappa shape index (κ2) is 2.52. The Bertz CT molecular complexity index is 201. The Morgan fingerprint density at radius 3 is 2.60 bits per heavy atom. The maximum Gasteiger partial charge on any atom is 0.104 e. The van der Waals surface area contributed by atoms with Gasteiger partial charge in [0.15, 0.2) is 0 Å². The van der Waals surface area contributed by atoms with Crippen LogP contribution in [0.5, 0.6) is 0 Å². The molecule has 0 amide bonds. The van der Waals surface area contributed by atoms with Gasteiger partial charge in [-0.15, -0.1) is 0 Å². The summed E-state index contributed by atoms with van der Waals surface area (Å²) in [5.74, 6) is -0.670. The molecule has 1 aliphatic carbocycles. The van der Waals surface area contributed by atoms with E-state index in [1.54, 1.807) is 13.8 Å². The summed E-state index contributed by atoms with van der Waals surface area (Å²) in [6.45, 7) is 3.26. The van der Waals surface area contributed by atoms with Gasteiger partial charge < -0.3 is 0 Å². The second-order valence-electron chi connectivity index (χ2n) is 2.72. The third kappa shape index (κ3) is 1.25. The van der Waals surface area contributed by atoms with Crippen LogP contribution in [0.2, 0.25) is 0 Å². The highest BCUT2D eigenvalue weighted by Gasteiger charge is 2.17. The second-order valence-corrected chi connectivity index (χ2v) is 2.72. The summed E-state index contributed by atoms with van der Waals surface area (Å²) in [6.07, 6.45) is 1.48. The summed E-state index contributed by atoms with van der Waals surface area (Å²) in [5.41, 5.74) is 0.426. The zero-order chi connectivity index (χ0) is 7.72. The predicted octanol–water partition coefficient (Wildman–Crippen LogP) is 3.12. The number of rotatable bonds is 0. The maximum atomic E-state index is 12.7. The van der Waals surface area contributed by atoms with Crippen molar-refractivity contribution in [3.63, 3.8) is 0 Å². The van der Waals surface area contributed by atoms with Crippen molar-refractivity contribution in [2.24, 2.45) is 5.92 Å². The van der Waals surface area contributed by atoms with Gasteiger partial charge in [0, 0.05) is 12.3 Å². The third-order valence-corrected chi connectivity index (χ3v) is 1.74. The predicted molar refractivity (Wildman–Crippen MR) is 36.8 cm³/mol. The van der Waals surface area contributed by atoms with Crippen LogP contribution >= 0.6 is 0 Å². The largest absolute Gasteiger partial charge is 0.212 e. The molecule has 0 bridgehead atoms. The van der Waals surface area contributed by atoms with Gasteiger partial charge in [-0.1, -0.05) is 6.92 Å². The molecule has 0 aliphatic heterocycles. The van der Waals surface area contributed by atoms with Crippen molar-refractivity contribution in [3.8, 4) is 0 Å². The van der Waals surface area contributed by atoms with Gasteiger partial charge in [-0.3, -0.25) is 0 Å². The molecule has 0 spiro atoms. The van der Waals surface area contributed by atoms with Gasteiger partial charge in [-0.2, -0.15) is 0 Å². The summed E-state index contributed by atoms with van der Waals surface area (Å²) in [5, 5.41) is 0. The number of hydrogen-bond acceptors (Lipinski definition) is 0. The van der Waals surface area contributed by atoms with Crippen LogP contribution in [0.1, 0.15) is 20.3 Å². The van der Waals surface area contributed by atoms with E-state index in [2.05, 4.69) is 0 Å². The van der Waals surface area contributed by atoms with Gasteiger partial charge in [0.05, 0.1) is 0 Å². The smallest absolute Gasteiger partial charge is 0.104 e. The molecule has 0 aromatic heterocycles. The fourth-order valence-corrected chi connectivity index (χ4v) is 0.955. The molecule has 0 N–H and O–H groups in total. The van der Waals surface area contributed by atoms with Crippen molar-refractivity contribution in [2.45, 2.75) is 20.3 Å². The molecule has 0 saturated carbocycles. The Morgan fingerprint density at radius 2 is 2.10 bits per heavy atom. The van der Waals surface area contributed by atoms with Crippen molar-refractivity contribution in [1.82, 2.24) is 0 Å². The van der Waals surface area contributed by atoms with Gasteiger partial charge in [0.25, 0.3) is 0 Å². The van der Waals surface area contributed by atoms with Crippen molar-refractivity contribution in [1.29, 1.82) is 0 Å². The lowest BCUT2D eigenvalue weighted by molar-refractivity contribution is 0.435. The number of allylic oxidation sites excluding steroid dienone is 4. The first-order chi connectivity index (χ1) is 4.61. The molecule has 1 aliphatic rings. The average molecular weight is 144 g/mol. The normalized spacial score (nSPS) is 26.8. The van der Waals surface area contributed by atoms with E-state index >= 15 is 0 Å². The van der Waals surface area contributed by atoms with Crippen LogP contribution in [0, 0.1) is 5.92 Å². The Labute approximate surface area is 59.2 Å². The van der Waals surface area contributed by atoms with Gasteiger partial charge in [0.2, 0.25) is 0 Å². The molecular formula is C8H10F2. The monoisotopic (exact) mass is 144 g/mol. The Hall–Kier alpha value is -0.660. The van der Waals surface area contributed by atoms with E-state index in [0.717, 1.165) is 0 Å². The van der Waals surface area contributed by atoms with Crippen molar-refractivity contribution < 1.29 is 8.78 Å². The highest BCUT2D eigenvalue weighted by Crippen LogP contribution is 2.29. The molecule has 0 nitrogen and oxygen atoms in total. The SMILES string of the molecule is CC1=C(F)CC(C)C(F)=C1. The minimum atomic E-state index is -0.274. The molecule has 1 atom stereocenters. The molecule has 10 heavy (non-hydrogen) atoms. The minimum absolute atomic E-state index is 0.186. The Morgan fingerprint density at radius 1 is 1.50 bits per heavy atom. The van der Waals surface area contributed by atoms with Crippen LogP contribution in [-0.2, 0) is 0 Å². The molecule has 2 heteroatoms. The van der Waals surface area contributed by atoms with E-state index in [-0.39, 0.29) is 24.0 Å².